The van der Waals surface area contributed by atoms with Gasteiger partial charge in [-0.3, -0.25) is 0 Å². The van der Waals surface area contributed by atoms with Gasteiger partial charge in [-0.1, -0.05) is 19.9 Å². The quantitative estimate of drug-likeness (QED) is 0.733. The van der Waals surface area contributed by atoms with Crippen molar-refractivity contribution < 1.29 is 9.13 Å². The molecule has 1 aromatic carbocycles. The summed E-state index contributed by atoms with van der Waals surface area (Å²) in [6.45, 7) is 9.93. The van der Waals surface area contributed by atoms with Gasteiger partial charge in [0, 0.05) is 0 Å². The predicted molar refractivity (Wildman–Crippen MR) is 65.5 cm³/mol. The van der Waals surface area contributed by atoms with Gasteiger partial charge in [-0.15, -0.1) is 0 Å². The second kappa shape index (κ2) is 4.86. The van der Waals surface area contributed by atoms with Gasteiger partial charge in [0.05, 0.1) is 0 Å². The highest BCUT2D eigenvalue weighted by atomic mass is 19.1. The molecule has 0 aliphatic rings. The molecule has 0 N–H and O–H groups in total. The molecule has 2 heteroatoms. The van der Waals surface area contributed by atoms with Crippen molar-refractivity contribution >= 4 is 0 Å². The van der Waals surface area contributed by atoms with Crippen LogP contribution in [-0.4, -0.2) is 5.60 Å². The van der Waals surface area contributed by atoms with E-state index in [2.05, 4.69) is 13.8 Å². The molecule has 0 radical (unpaired) electrons. The lowest BCUT2D eigenvalue weighted by molar-refractivity contribution is 0.124. The zero-order valence-electron chi connectivity index (χ0n) is 10.8. The molecule has 0 saturated carbocycles. The minimum Gasteiger partial charge on any atom is -0.485 e. The Kier molecular flexibility index (Phi) is 3.95. The summed E-state index contributed by atoms with van der Waals surface area (Å²) in [5, 5.41) is 0. The van der Waals surface area contributed by atoms with Crippen LogP contribution in [0.3, 0.4) is 0 Å². The van der Waals surface area contributed by atoms with Crippen LogP contribution in [0.2, 0.25) is 0 Å². The Labute approximate surface area is 97.6 Å². The van der Waals surface area contributed by atoms with Crippen LogP contribution in [0.1, 0.15) is 52.5 Å². The summed E-state index contributed by atoms with van der Waals surface area (Å²) in [5.74, 6) is 0.450. The molecule has 1 nitrogen and oxygen atoms in total. The second-order valence-electron chi connectivity index (χ2n) is 5.21. The van der Waals surface area contributed by atoms with Crippen molar-refractivity contribution in [3.63, 3.8) is 0 Å². The van der Waals surface area contributed by atoms with E-state index in [0.29, 0.717) is 11.7 Å². The van der Waals surface area contributed by atoms with E-state index in [1.165, 1.54) is 0 Å². The largest absolute Gasteiger partial charge is 0.485 e. The molecule has 1 rings (SSSR count). The van der Waals surface area contributed by atoms with Crippen molar-refractivity contribution in [2.75, 3.05) is 0 Å². The van der Waals surface area contributed by atoms with E-state index in [1.807, 2.05) is 26.8 Å². The summed E-state index contributed by atoms with van der Waals surface area (Å²) in [4.78, 5) is 0. The molecule has 0 aliphatic heterocycles. The molecule has 0 aromatic heterocycles. The Morgan fingerprint density at radius 2 is 1.94 bits per heavy atom. The average molecular weight is 224 g/mol. The molecule has 0 saturated heterocycles. The first kappa shape index (κ1) is 13.0. The van der Waals surface area contributed by atoms with Crippen LogP contribution in [0.25, 0.3) is 0 Å². The van der Waals surface area contributed by atoms with Crippen LogP contribution in [0, 0.1) is 5.82 Å². The van der Waals surface area contributed by atoms with Gasteiger partial charge in [0.25, 0.3) is 0 Å². The zero-order valence-corrected chi connectivity index (χ0v) is 10.8. The summed E-state index contributed by atoms with van der Waals surface area (Å²) < 4.78 is 19.3. The molecule has 0 fully saturated rings. The molecule has 1 atom stereocenters. The molecule has 0 amide bonds. The first-order valence-electron chi connectivity index (χ1n) is 5.82. The molecule has 0 bridgehead atoms. The minimum absolute atomic E-state index is 0.271. The van der Waals surface area contributed by atoms with Crippen LogP contribution in [0.15, 0.2) is 18.2 Å². The third kappa shape index (κ3) is 3.51. The number of halogens is 1. The van der Waals surface area contributed by atoms with E-state index in [9.17, 15) is 4.39 Å². The maximum atomic E-state index is 13.8. The fourth-order valence-corrected chi connectivity index (χ4v) is 1.47. The summed E-state index contributed by atoms with van der Waals surface area (Å²) in [6.07, 6.45) is 1.01. The molecule has 90 valence electrons. The first-order valence-corrected chi connectivity index (χ1v) is 5.82. The highest BCUT2D eigenvalue weighted by molar-refractivity contribution is 5.31. The maximum absolute atomic E-state index is 13.8. The molecule has 1 unspecified atom stereocenters. The van der Waals surface area contributed by atoms with Crippen molar-refractivity contribution in [2.24, 2.45) is 0 Å². The van der Waals surface area contributed by atoms with E-state index in [0.717, 1.165) is 12.0 Å². The van der Waals surface area contributed by atoms with Gasteiger partial charge in [0.15, 0.2) is 11.6 Å². The van der Waals surface area contributed by atoms with Gasteiger partial charge < -0.3 is 4.74 Å². The number of ether oxygens (including phenoxy) is 1. The van der Waals surface area contributed by atoms with E-state index in [-0.39, 0.29) is 11.4 Å². The normalized spacial score (nSPS) is 13.6. The van der Waals surface area contributed by atoms with Crippen LogP contribution in [-0.2, 0) is 0 Å². The van der Waals surface area contributed by atoms with E-state index in [1.54, 1.807) is 12.1 Å². The summed E-state index contributed by atoms with van der Waals surface area (Å²) in [7, 11) is 0. The Bertz CT molecular complexity index is 352. The molecule has 0 heterocycles. The van der Waals surface area contributed by atoms with Crippen molar-refractivity contribution in [1.29, 1.82) is 0 Å². The van der Waals surface area contributed by atoms with Crippen molar-refractivity contribution in [2.45, 2.75) is 52.6 Å². The smallest absolute Gasteiger partial charge is 0.165 e. The number of hydrogen-bond acceptors (Lipinski definition) is 1. The molecule has 1 aromatic rings. The topological polar surface area (TPSA) is 9.23 Å². The summed E-state index contributed by atoms with van der Waals surface area (Å²) in [6, 6.07) is 5.25. The van der Waals surface area contributed by atoms with E-state index >= 15 is 0 Å². The van der Waals surface area contributed by atoms with Crippen molar-refractivity contribution in [1.82, 2.24) is 0 Å². The van der Waals surface area contributed by atoms with Gasteiger partial charge in [0.2, 0.25) is 0 Å². The van der Waals surface area contributed by atoms with Gasteiger partial charge in [-0.2, -0.15) is 0 Å². The van der Waals surface area contributed by atoms with Crippen molar-refractivity contribution in [3.8, 4) is 5.75 Å². The SMILES string of the molecule is CCC(C)c1ccc(OC(C)(C)C)c(F)c1. The lowest BCUT2D eigenvalue weighted by Crippen LogP contribution is -2.23. The van der Waals surface area contributed by atoms with Gasteiger partial charge >= 0.3 is 0 Å². The van der Waals surface area contributed by atoms with E-state index in [4.69, 9.17) is 4.74 Å². The lowest BCUT2D eigenvalue weighted by atomic mass is 9.98. The molecule has 0 spiro atoms. The third-order valence-electron chi connectivity index (χ3n) is 2.55. The standard InChI is InChI=1S/C14H21FO/c1-6-10(2)11-7-8-13(12(15)9-11)16-14(3,4)5/h7-10H,6H2,1-5H3. The zero-order chi connectivity index (χ0) is 12.3. The number of benzene rings is 1. The van der Waals surface area contributed by atoms with E-state index < -0.39 is 0 Å². The van der Waals surface area contributed by atoms with Crippen LogP contribution < -0.4 is 4.74 Å². The fraction of sp³-hybridized carbons (Fsp3) is 0.571. The molecular formula is C14H21FO. The van der Waals surface area contributed by atoms with Crippen molar-refractivity contribution in [3.05, 3.63) is 29.6 Å². The van der Waals surface area contributed by atoms with Crippen LogP contribution >= 0.6 is 0 Å². The van der Waals surface area contributed by atoms with Gasteiger partial charge in [0.1, 0.15) is 5.60 Å². The summed E-state index contributed by atoms with van der Waals surface area (Å²) >= 11 is 0. The Hall–Kier alpha value is -1.05. The lowest BCUT2D eigenvalue weighted by Gasteiger charge is -2.22. The fourth-order valence-electron chi connectivity index (χ4n) is 1.47. The second-order valence-corrected chi connectivity index (χ2v) is 5.21. The highest BCUT2D eigenvalue weighted by Crippen LogP contribution is 2.27. The van der Waals surface area contributed by atoms with Crippen LogP contribution in [0.4, 0.5) is 4.39 Å². The minimum atomic E-state index is -0.362. The molecule has 16 heavy (non-hydrogen) atoms. The monoisotopic (exact) mass is 224 g/mol. The Morgan fingerprint density at radius 1 is 1.31 bits per heavy atom. The third-order valence-corrected chi connectivity index (χ3v) is 2.55. The first-order chi connectivity index (χ1) is 7.33. The Morgan fingerprint density at radius 3 is 2.38 bits per heavy atom. The molecule has 0 aliphatic carbocycles. The average Bonchev–Trinajstić information content (AvgIpc) is 2.18. The van der Waals surface area contributed by atoms with Crippen LogP contribution in [0.5, 0.6) is 5.75 Å². The van der Waals surface area contributed by atoms with Gasteiger partial charge in [-0.25, -0.2) is 4.39 Å². The number of rotatable bonds is 3. The molecular weight excluding hydrogens is 203 g/mol. The highest BCUT2D eigenvalue weighted by Gasteiger charge is 2.15. The maximum Gasteiger partial charge on any atom is 0.165 e. The van der Waals surface area contributed by atoms with Gasteiger partial charge in [-0.05, 0) is 50.8 Å². The predicted octanol–water partition coefficient (Wildman–Crippen LogP) is 4.52. The summed E-state index contributed by atoms with van der Waals surface area (Å²) in [5.41, 5.74) is 0.667. The number of hydrogen-bond donors (Lipinski definition) is 0. The Balaban J connectivity index is 2.92.